The average Bonchev–Trinajstić information content (AvgIpc) is 2.88. The highest BCUT2D eigenvalue weighted by molar-refractivity contribution is 6.34. The smallest absolute Gasteiger partial charge is 0.237 e. The second-order valence-electron chi connectivity index (χ2n) is 12.0. The zero-order valence-electron chi connectivity index (χ0n) is 23.7. The number of carbonyl (C=O) groups is 2. The molecule has 0 aliphatic carbocycles. The normalized spacial score (nSPS) is 21.2. The van der Waals surface area contributed by atoms with Crippen molar-refractivity contribution in [2.45, 2.75) is 64.3 Å². The third-order valence-electron chi connectivity index (χ3n) is 9.00. The number of likely N-dealkylation sites (tertiary alicyclic amines) is 1. The summed E-state index contributed by atoms with van der Waals surface area (Å²) < 4.78 is 0. The lowest BCUT2D eigenvalue weighted by Gasteiger charge is -2.46. The molecule has 212 valence electrons. The van der Waals surface area contributed by atoms with E-state index in [-0.39, 0.29) is 17.2 Å². The first-order valence-corrected chi connectivity index (χ1v) is 14.7. The molecule has 2 N–H and O–H groups in total. The summed E-state index contributed by atoms with van der Waals surface area (Å²) in [6, 6.07) is 12.1. The average molecular weight is 574 g/mol. The Hall–Kier alpha value is -2.12. The van der Waals surface area contributed by atoms with E-state index < -0.39 is 5.54 Å². The molecular weight excluding hydrogens is 531 g/mol. The summed E-state index contributed by atoms with van der Waals surface area (Å²) >= 11 is 12.4. The fraction of sp³-hybridized carbons (Fsp3) is 0.548. The van der Waals surface area contributed by atoms with E-state index in [1.807, 2.05) is 30.9 Å². The Kier molecular flexibility index (Phi) is 9.32. The quantitative estimate of drug-likeness (QED) is 0.484. The Bertz CT molecular complexity index is 1190. The van der Waals surface area contributed by atoms with E-state index in [0.29, 0.717) is 23.0 Å². The Morgan fingerprint density at radius 2 is 1.62 bits per heavy atom. The molecule has 39 heavy (non-hydrogen) atoms. The van der Waals surface area contributed by atoms with Gasteiger partial charge in [0.1, 0.15) is 0 Å². The number of aryl methyl sites for hydroxylation is 2. The molecule has 2 aromatic rings. The Balaban J connectivity index is 1.50. The molecular formula is C31H42Cl2N4O2. The maximum Gasteiger partial charge on any atom is 0.237 e. The van der Waals surface area contributed by atoms with Crippen LogP contribution in [0.15, 0.2) is 36.4 Å². The van der Waals surface area contributed by atoms with Crippen LogP contribution in [0.2, 0.25) is 10.0 Å². The van der Waals surface area contributed by atoms with Crippen molar-refractivity contribution in [2.24, 2.45) is 5.73 Å². The number of hydrogen-bond donors (Lipinski definition) is 1. The molecule has 0 aromatic heterocycles. The van der Waals surface area contributed by atoms with E-state index in [2.05, 4.69) is 41.8 Å². The number of piperazine rings is 1. The van der Waals surface area contributed by atoms with Crippen LogP contribution in [0.1, 0.15) is 55.4 Å². The van der Waals surface area contributed by atoms with E-state index in [1.54, 1.807) is 6.07 Å². The number of nitrogens with zero attached hydrogens (tertiary/aromatic N) is 3. The van der Waals surface area contributed by atoms with Crippen LogP contribution in [0.5, 0.6) is 0 Å². The van der Waals surface area contributed by atoms with Crippen molar-refractivity contribution >= 4 is 35.0 Å². The third-order valence-corrected chi connectivity index (χ3v) is 9.44. The molecule has 2 aromatic carbocycles. The zero-order chi connectivity index (χ0) is 28.4. The molecule has 2 aliphatic rings. The standard InChI is InChI=1S/C31H42Cl2N4O2/c1-22-6-7-25(16-23(22)2)31(9-11-35-12-14-37(15-13-35)30(3,4)29(34)39)8-5-10-36(21-31)28(38)19-24-17-26(32)20-27(33)18-24/h6-7,16-18,20H,5,8-15,19,21H2,1-4H3,(H2,34,39). The number of halogens is 2. The summed E-state index contributed by atoms with van der Waals surface area (Å²) in [5.74, 6) is -0.166. The summed E-state index contributed by atoms with van der Waals surface area (Å²) in [5.41, 5.74) is 9.64. The number of piperidine rings is 1. The minimum absolute atomic E-state index is 0.109. The van der Waals surface area contributed by atoms with E-state index in [4.69, 9.17) is 28.9 Å². The molecule has 2 saturated heterocycles. The highest BCUT2D eigenvalue weighted by Gasteiger charge is 2.40. The number of amides is 2. The number of hydrogen-bond acceptors (Lipinski definition) is 4. The first-order valence-electron chi connectivity index (χ1n) is 14.0. The van der Waals surface area contributed by atoms with Gasteiger partial charge in [-0.15, -0.1) is 0 Å². The van der Waals surface area contributed by atoms with Gasteiger partial charge < -0.3 is 15.5 Å². The molecule has 2 aliphatic heterocycles. The summed E-state index contributed by atoms with van der Waals surface area (Å²) in [6.45, 7) is 14.0. The van der Waals surface area contributed by atoms with Crippen LogP contribution >= 0.6 is 23.2 Å². The number of rotatable bonds is 8. The largest absolute Gasteiger partial charge is 0.368 e. The zero-order valence-corrected chi connectivity index (χ0v) is 25.2. The molecule has 0 spiro atoms. The lowest BCUT2D eigenvalue weighted by Crippen LogP contribution is -2.60. The molecule has 4 rings (SSSR count). The van der Waals surface area contributed by atoms with Crippen molar-refractivity contribution in [3.8, 4) is 0 Å². The third kappa shape index (κ3) is 6.97. The van der Waals surface area contributed by atoms with Gasteiger partial charge in [-0.2, -0.15) is 0 Å². The predicted molar refractivity (Wildman–Crippen MR) is 159 cm³/mol. The summed E-state index contributed by atoms with van der Waals surface area (Å²) in [4.78, 5) is 32.2. The maximum absolute atomic E-state index is 13.5. The Morgan fingerprint density at radius 1 is 0.949 bits per heavy atom. The molecule has 2 amide bonds. The van der Waals surface area contributed by atoms with Crippen LogP contribution in [0.25, 0.3) is 0 Å². The number of benzene rings is 2. The van der Waals surface area contributed by atoms with Gasteiger partial charge >= 0.3 is 0 Å². The molecule has 2 fully saturated rings. The molecule has 2 heterocycles. The van der Waals surface area contributed by atoms with Gasteiger partial charge in [-0.05, 0) is 94.0 Å². The van der Waals surface area contributed by atoms with Gasteiger partial charge in [-0.3, -0.25) is 14.5 Å². The van der Waals surface area contributed by atoms with Gasteiger partial charge in [0.25, 0.3) is 0 Å². The van der Waals surface area contributed by atoms with E-state index in [1.165, 1.54) is 16.7 Å². The molecule has 0 saturated carbocycles. The van der Waals surface area contributed by atoms with E-state index in [9.17, 15) is 9.59 Å². The maximum atomic E-state index is 13.5. The summed E-state index contributed by atoms with van der Waals surface area (Å²) in [7, 11) is 0. The van der Waals surface area contributed by atoms with Gasteiger partial charge in [0.15, 0.2) is 0 Å². The number of primary amides is 1. The van der Waals surface area contributed by atoms with Crippen LogP contribution in [0.3, 0.4) is 0 Å². The lowest BCUT2D eigenvalue weighted by molar-refractivity contribution is -0.133. The van der Waals surface area contributed by atoms with Crippen molar-refractivity contribution in [1.29, 1.82) is 0 Å². The number of nitrogens with two attached hydrogens (primary N) is 1. The molecule has 6 nitrogen and oxygen atoms in total. The van der Waals surface area contributed by atoms with Crippen LogP contribution < -0.4 is 5.73 Å². The Morgan fingerprint density at radius 3 is 2.23 bits per heavy atom. The van der Waals surface area contributed by atoms with Crippen molar-refractivity contribution in [3.63, 3.8) is 0 Å². The highest BCUT2D eigenvalue weighted by atomic mass is 35.5. The second-order valence-corrected chi connectivity index (χ2v) is 12.8. The van der Waals surface area contributed by atoms with Crippen LogP contribution in [-0.2, 0) is 21.4 Å². The van der Waals surface area contributed by atoms with Crippen molar-refractivity contribution in [1.82, 2.24) is 14.7 Å². The van der Waals surface area contributed by atoms with Crippen LogP contribution in [-0.4, -0.2) is 77.9 Å². The van der Waals surface area contributed by atoms with E-state index in [0.717, 1.165) is 64.1 Å². The fourth-order valence-corrected chi connectivity index (χ4v) is 6.63. The van der Waals surface area contributed by atoms with Gasteiger partial charge in [0.05, 0.1) is 12.0 Å². The first kappa shape index (κ1) is 29.9. The first-order chi connectivity index (χ1) is 18.4. The topological polar surface area (TPSA) is 69.9 Å². The second kappa shape index (κ2) is 12.2. The fourth-order valence-electron chi connectivity index (χ4n) is 6.06. The van der Waals surface area contributed by atoms with Gasteiger partial charge in [0, 0.05) is 54.7 Å². The molecule has 1 atom stereocenters. The van der Waals surface area contributed by atoms with Gasteiger partial charge in [-0.1, -0.05) is 41.4 Å². The lowest BCUT2D eigenvalue weighted by atomic mass is 9.71. The Labute approximate surface area is 243 Å². The molecule has 1 unspecified atom stereocenters. The minimum atomic E-state index is -0.635. The van der Waals surface area contributed by atoms with Crippen molar-refractivity contribution in [3.05, 3.63) is 68.7 Å². The highest BCUT2D eigenvalue weighted by Crippen LogP contribution is 2.39. The summed E-state index contributed by atoms with van der Waals surface area (Å²) in [6.07, 6.45) is 3.29. The predicted octanol–water partition coefficient (Wildman–Crippen LogP) is 4.98. The van der Waals surface area contributed by atoms with Crippen LogP contribution in [0.4, 0.5) is 0 Å². The minimum Gasteiger partial charge on any atom is -0.368 e. The van der Waals surface area contributed by atoms with Crippen molar-refractivity contribution in [2.75, 3.05) is 45.8 Å². The molecule has 0 radical (unpaired) electrons. The SMILES string of the molecule is Cc1ccc(C2(CCN3CCN(C(C)(C)C(N)=O)CC3)CCCN(C(=O)Cc3cc(Cl)cc(Cl)c3)C2)cc1C. The molecule has 8 heteroatoms. The number of carbonyl (C=O) groups excluding carboxylic acids is 2. The van der Waals surface area contributed by atoms with Gasteiger partial charge in [-0.25, -0.2) is 0 Å². The van der Waals surface area contributed by atoms with Gasteiger partial charge in [0.2, 0.25) is 11.8 Å². The summed E-state index contributed by atoms with van der Waals surface area (Å²) in [5, 5.41) is 1.10. The van der Waals surface area contributed by atoms with E-state index >= 15 is 0 Å². The van der Waals surface area contributed by atoms with Crippen LogP contribution in [0, 0.1) is 13.8 Å². The monoisotopic (exact) mass is 572 g/mol. The molecule has 0 bridgehead atoms. The van der Waals surface area contributed by atoms with Crippen molar-refractivity contribution < 1.29 is 9.59 Å².